The predicted molar refractivity (Wildman–Crippen MR) is 67.4 cm³/mol. The molecule has 0 spiro atoms. The normalized spacial score (nSPS) is 25.4. The zero-order chi connectivity index (χ0) is 12.0. The molecule has 1 amide bonds. The van der Waals surface area contributed by atoms with E-state index in [2.05, 4.69) is 12.2 Å². The third-order valence-electron chi connectivity index (χ3n) is 3.52. The van der Waals surface area contributed by atoms with Gasteiger partial charge in [-0.15, -0.1) is 0 Å². The van der Waals surface area contributed by atoms with Crippen LogP contribution in [0.2, 0.25) is 0 Å². The van der Waals surface area contributed by atoms with Crippen molar-refractivity contribution < 1.29 is 4.79 Å². The lowest BCUT2D eigenvalue weighted by Crippen LogP contribution is -2.34. The standard InChI is InChI=1S/C13H26N2O/c1-11-6-8-12(9-7-11)14-10-4-5-13(16)15(2)3/h11-12,14H,4-10H2,1-3H3. The van der Waals surface area contributed by atoms with Crippen molar-refractivity contribution in [3.63, 3.8) is 0 Å². The van der Waals surface area contributed by atoms with Crippen LogP contribution in [0.3, 0.4) is 0 Å². The van der Waals surface area contributed by atoms with Crippen molar-refractivity contribution in [2.24, 2.45) is 5.92 Å². The van der Waals surface area contributed by atoms with E-state index in [1.165, 1.54) is 25.7 Å². The van der Waals surface area contributed by atoms with Crippen LogP contribution in [-0.4, -0.2) is 37.5 Å². The molecular formula is C13H26N2O. The molecule has 0 aromatic heterocycles. The van der Waals surface area contributed by atoms with Gasteiger partial charge in [0.1, 0.15) is 0 Å². The van der Waals surface area contributed by atoms with Crippen LogP contribution in [0.25, 0.3) is 0 Å². The van der Waals surface area contributed by atoms with Gasteiger partial charge < -0.3 is 10.2 Å². The van der Waals surface area contributed by atoms with Gasteiger partial charge in [0.05, 0.1) is 0 Å². The van der Waals surface area contributed by atoms with Gasteiger partial charge in [0.2, 0.25) is 5.91 Å². The van der Waals surface area contributed by atoms with Crippen molar-refractivity contribution in [2.45, 2.75) is 51.5 Å². The van der Waals surface area contributed by atoms with Gasteiger partial charge in [0, 0.05) is 26.6 Å². The highest BCUT2D eigenvalue weighted by molar-refractivity contribution is 5.75. The molecule has 0 heterocycles. The molecule has 1 aliphatic rings. The Kier molecular flexibility index (Phi) is 5.81. The highest BCUT2D eigenvalue weighted by Crippen LogP contribution is 2.23. The fourth-order valence-electron chi connectivity index (χ4n) is 2.23. The number of rotatable bonds is 5. The number of carbonyl (C=O) groups is 1. The van der Waals surface area contributed by atoms with Crippen LogP contribution in [0.15, 0.2) is 0 Å². The van der Waals surface area contributed by atoms with Crippen LogP contribution >= 0.6 is 0 Å². The quantitative estimate of drug-likeness (QED) is 0.727. The molecule has 1 rings (SSSR count). The molecule has 16 heavy (non-hydrogen) atoms. The summed E-state index contributed by atoms with van der Waals surface area (Å²) in [6.45, 7) is 3.32. The van der Waals surface area contributed by atoms with Gasteiger partial charge in [-0.25, -0.2) is 0 Å². The Balaban J connectivity index is 2.01. The highest BCUT2D eigenvalue weighted by Gasteiger charge is 2.17. The Morgan fingerprint density at radius 2 is 1.88 bits per heavy atom. The van der Waals surface area contributed by atoms with Crippen molar-refractivity contribution in [1.29, 1.82) is 0 Å². The van der Waals surface area contributed by atoms with Crippen molar-refractivity contribution in [3.05, 3.63) is 0 Å². The van der Waals surface area contributed by atoms with Crippen molar-refractivity contribution in [1.82, 2.24) is 10.2 Å². The van der Waals surface area contributed by atoms with Gasteiger partial charge in [-0.05, 0) is 44.6 Å². The lowest BCUT2D eigenvalue weighted by molar-refractivity contribution is -0.128. The third kappa shape index (κ3) is 4.97. The minimum absolute atomic E-state index is 0.235. The second-order valence-electron chi connectivity index (χ2n) is 5.30. The molecule has 1 saturated carbocycles. The molecule has 1 fully saturated rings. The summed E-state index contributed by atoms with van der Waals surface area (Å²) in [4.78, 5) is 13.0. The summed E-state index contributed by atoms with van der Waals surface area (Å²) in [6, 6.07) is 0.700. The minimum Gasteiger partial charge on any atom is -0.349 e. The molecule has 0 aromatic rings. The summed E-state index contributed by atoms with van der Waals surface area (Å²) < 4.78 is 0. The largest absolute Gasteiger partial charge is 0.349 e. The first-order valence-electron chi connectivity index (χ1n) is 6.53. The average molecular weight is 226 g/mol. The first-order chi connectivity index (χ1) is 7.59. The summed E-state index contributed by atoms with van der Waals surface area (Å²) in [6.07, 6.45) is 6.96. The van der Waals surface area contributed by atoms with Gasteiger partial charge in [0.15, 0.2) is 0 Å². The van der Waals surface area contributed by atoms with E-state index >= 15 is 0 Å². The Morgan fingerprint density at radius 1 is 1.25 bits per heavy atom. The highest BCUT2D eigenvalue weighted by atomic mass is 16.2. The van der Waals surface area contributed by atoms with Crippen LogP contribution in [-0.2, 0) is 4.79 Å². The minimum atomic E-state index is 0.235. The van der Waals surface area contributed by atoms with E-state index in [4.69, 9.17) is 0 Å². The second-order valence-corrected chi connectivity index (χ2v) is 5.30. The number of hydrogen-bond acceptors (Lipinski definition) is 2. The van der Waals surface area contributed by atoms with E-state index in [0.717, 1.165) is 18.9 Å². The van der Waals surface area contributed by atoms with E-state index in [1.54, 1.807) is 4.90 Å². The molecule has 0 aliphatic heterocycles. The molecule has 0 aromatic carbocycles. The van der Waals surface area contributed by atoms with E-state index in [0.29, 0.717) is 12.5 Å². The molecule has 3 heteroatoms. The summed E-state index contributed by atoms with van der Waals surface area (Å²) in [5, 5.41) is 3.57. The lowest BCUT2D eigenvalue weighted by Gasteiger charge is -2.27. The molecule has 0 atom stereocenters. The van der Waals surface area contributed by atoms with Crippen LogP contribution < -0.4 is 5.32 Å². The molecule has 0 unspecified atom stereocenters. The predicted octanol–water partition coefficient (Wildman–Crippen LogP) is 2.02. The topological polar surface area (TPSA) is 32.3 Å². The number of carbonyl (C=O) groups excluding carboxylic acids is 1. The summed E-state index contributed by atoms with van der Waals surface area (Å²) in [7, 11) is 3.64. The van der Waals surface area contributed by atoms with Crippen molar-refractivity contribution in [3.8, 4) is 0 Å². The van der Waals surface area contributed by atoms with Gasteiger partial charge in [-0.3, -0.25) is 4.79 Å². The zero-order valence-electron chi connectivity index (χ0n) is 11.0. The van der Waals surface area contributed by atoms with Gasteiger partial charge in [-0.2, -0.15) is 0 Å². The molecule has 0 saturated heterocycles. The second kappa shape index (κ2) is 6.89. The molecule has 0 bridgehead atoms. The monoisotopic (exact) mass is 226 g/mol. The maximum atomic E-state index is 11.3. The van der Waals surface area contributed by atoms with E-state index in [9.17, 15) is 4.79 Å². The Bertz CT molecular complexity index is 208. The molecular weight excluding hydrogens is 200 g/mol. The SMILES string of the molecule is CC1CCC(NCCCC(=O)N(C)C)CC1. The summed E-state index contributed by atoms with van der Waals surface area (Å²) >= 11 is 0. The van der Waals surface area contributed by atoms with E-state index in [-0.39, 0.29) is 5.91 Å². The molecule has 1 aliphatic carbocycles. The first kappa shape index (κ1) is 13.5. The van der Waals surface area contributed by atoms with Crippen LogP contribution in [0.1, 0.15) is 45.4 Å². The fraction of sp³-hybridized carbons (Fsp3) is 0.923. The van der Waals surface area contributed by atoms with Gasteiger partial charge in [0.25, 0.3) is 0 Å². The smallest absolute Gasteiger partial charge is 0.222 e. The Labute approximate surface area is 99.6 Å². The maximum Gasteiger partial charge on any atom is 0.222 e. The average Bonchev–Trinajstić information content (AvgIpc) is 2.26. The van der Waals surface area contributed by atoms with E-state index < -0.39 is 0 Å². The van der Waals surface area contributed by atoms with Crippen LogP contribution in [0.4, 0.5) is 0 Å². The van der Waals surface area contributed by atoms with Gasteiger partial charge >= 0.3 is 0 Å². The zero-order valence-corrected chi connectivity index (χ0v) is 11.0. The van der Waals surface area contributed by atoms with Gasteiger partial charge in [-0.1, -0.05) is 6.92 Å². The Hall–Kier alpha value is -0.570. The molecule has 3 nitrogen and oxygen atoms in total. The fourth-order valence-corrected chi connectivity index (χ4v) is 2.23. The number of amides is 1. The molecule has 1 N–H and O–H groups in total. The first-order valence-corrected chi connectivity index (χ1v) is 6.53. The number of nitrogens with one attached hydrogen (secondary N) is 1. The van der Waals surface area contributed by atoms with Crippen LogP contribution in [0.5, 0.6) is 0 Å². The van der Waals surface area contributed by atoms with Crippen LogP contribution in [0, 0.1) is 5.92 Å². The molecule has 94 valence electrons. The number of hydrogen-bond donors (Lipinski definition) is 1. The van der Waals surface area contributed by atoms with Crippen molar-refractivity contribution >= 4 is 5.91 Å². The maximum absolute atomic E-state index is 11.3. The van der Waals surface area contributed by atoms with E-state index in [1.807, 2.05) is 14.1 Å². The molecule has 0 radical (unpaired) electrons. The van der Waals surface area contributed by atoms with Crippen molar-refractivity contribution in [2.75, 3.05) is 20.6 Å². The lowest BCUT2D eigenvalue weighted by atomic mass is 9.87. The summed E-state index contributed by atoms with van der Waals surface area (Å²) in [5.74, 6) is 1.15. The number of nitrogens with zero attached hydrogens (tertiary/aromatic N) is 1. The third-order valence-corrected chi connectivity index (χ3v) is 3.52. The Morgan fingerprint density at radius 3 is 2.44 bits per heavy atom. The summed E-state index contributed by atoms with van der Waals surface area (Å²) in [5.41, 5.74) is 0.